The molecule has 0 radical (unpaired) electrons. The Labute approximate surface area is 122 Å². The normalized spacial score (nSPS) is 12.3. The fourth-order valence-electron chi connectivity index (χ4n) is 2.37. The Morgan fingerprint density at radius 2 is 2.00 bits per heavy atom. The number of nitrogens with two attached hydrogens (primary N) is 1. The van der Waals surface area contributed by atoms with Crippen LogP contribution in [-0.2, 0) is 0 Å². The van der Waals surface area contributed by atoms with Crippen LogP contribution in [0, 0.1) is 5.82 Å². The van der Waals surface area contributed by atoms with E-state index in [-0.39, 0.29) is 11.9 Å². The first kappa shape index (κ1) is 13.5. The van der Waals surface area contributed by atoms with Crippen LogP contribution in [0.5, 0.6) is 0 Å². The van der Waals surface area contributed by atoms with Gasteiger partial charge < -0.3 is 11.1 Å². The van der Waals surface area contributed by atoms with E-state index in [1.54, 1.807) is 12.3 Å². The average molecular weight is 281 g/mol. The molecule has 3 aromatic rings. The predicted molar refractivity (Wildman–Crippen MR) is 83.6 cm³/mol. The molecule has 3 nitrogen and oxygen atoms in total. The van der Waals surface area contributed by atoms with Crippen LogP contribution >= 0.6 is 0 Å². The lowest BCUT2D eigenvalue weighted by Crippen LogP contribution is -2.20. The van der Waals surface area contributed by atoms with Crippen LogP contribution in [0.1, 0.15) is 11.6 Å². The smallest absolute Gasteiger partial charge is 0.125 e. The van der Waals surface area contributed by atoms with Crippen LogP contribution in [0.4, 0.5) is 10.1 Å². The van der Waals surface area contributed by atoms with Crippen molar-refractivity contribution in [2.75, 3.05) is 11.9 Å². The summed E-state index contributed by atoms with van der Waals surface area (Å²) in [5, 5.41) is 4.33. The van der Waals surface area contributed by atoms with Crippen LogP contribution in [0.3, 0.4) is 0 Å². The second-order valence-corrected chi connectivity index (χ2v) is 4.90. The number of benzene rings is 2. The van der Waals surface area contributed by atoms with Crippen LogP contribution in [0.2, 0.25) is 0 Å². The summed E-state index contributed by atoms with van der Waals surface area (Å²) in [5.74, 6) is -0.265. The van der Waals surface area contributed by atoms with Crippen molar-refractivity contribution in [2.45, 2.75) is 6.04 Å². The van der Waals surface area contributed by atoms with Gasteiger partial charge in [-0.05, 0) is 42.0 Å². The highest BCUT2D eigenvalue weighted by Gasteiger charge is 2.10. The number of nitrogens with one attached hydrogen (secondary N) is 1. The number of aromatic nitrogens is 1. The zero-order chi connectivity index (χ0) is 14.7. The minimum absolute atomic E-state index is 0.0728. The van der Waals surface area contributed by atoms with Crippen molar-refractivity contribution in [1.82, 2.24) is 4.98 Å². The molecule has 1 atom stereocenters. The van der Waals surface area contributed by atoms with Gasteiger partial charge in [-0.3, -0.25) is 4.98 Å². The van der Waals surface area contributed by atoms with Gasteiger partial charge in [0.1, 0.15) is 5.82 Å². The first-order valence-electron chi connectivity index (χ1n) is 6.83. The molecular formula is C17H16FN3. The lowest BCUT2D eigenvalue weighted by molar-refractivity contribution is 0.627. The summed E-state index contributed by atoms with van der Waals surface area (Å²) in [5.41, 5.74) is 8.59. The number of fused-ring (bicyclic) bond motifs is 1. The highest BCUT2D eigenvalue weighted by atomic mass is 19.1. The van der Waals surface area contributed by atoms with Gasteiger partial charge in [-0.1, -0.05) is 18.2 Å². The largest absolute Gasteiger partial charge is 0.377 e. The van der Waals surface area contributed by atoms with Gasteiger partial charge in [0.05, 0.1) is 11.6 Å². The molecule has 0 aliphatic rings. The molecule has 1 heterocycles. The molecule has 0 spiro atoms. The molecule has 0 fully saturated rings. The first-order valence-corrected chi connectivity index (χ1v) is 6.83. The summed E-state index contributed by atoms with van der Waals surface area (Å²) in [4.78, 5) is 4.30. The van der Waals surface area contributed by atoms with Crippen molar-refractivity contribution in [3.8, 4) is 0 Å². The molecule has 0 aliphatic heterocycles. The molecular weight excluding hydrogens is 265 g/mol. The number of halogens is 1. The fourth-order valence-corrected chi connectivity index (χ4v) is 2.37. The predicted octanol–water partition coefficient (Wildman–Crippen LogP) is 3.49. The van der Waals surface area contributed by atoms with E-state index < -0.39 is 0 Å². The minimum Gasteiger partial charge on any atom is -0.377 e. The standard InChI is InChI=1S/C17H16FN3/c18-14-4-1-5-15(10-14)21-17(11-19)13-6-7-16-12(9-13)3-2-8-20-16/h1-10,17,21H,11,19H2. The quantitative estimate of drug-likeness (QED) is 0.769. The van der Waals surface area contributed by atoms with E-state index in [1.807, 2.05) is 30.3 Å². The Balaban J connectivity index is 1.90. The van der Waals surface area contributed by atoms with Crippen LogP contribution in [0.25, 0.3) is 10.9 Å². The van der Waals surface area contributed by atoms with E-state index >= 15 is 0 Å². The third kappa shape index (κ3) is 3.01. The Hall–Kier alpha value is -2.46. The molecule has 3 N–H and O–H groups in total. The van der Waals surface area contributed by atoms with Gasteiger partial charge in [0, 0.05) is 23.8 Å². The number of nitrogens with zero attached hydrogens (tertiary/aromatic N) is 1. The van der Waals surface area contributed by atoms with Gasteiger partial charge in [-0.2, -0.15) is 0 Å². The van der Waals surface area contributed by atoms with E-state index in [9.17, 15) is 4.39 Å². The van der Waals surface area contributed by atoms with Crippen molar-refractivity contribution in [3.63, 3.8) is 0 Å². The molecule has 0 saturated carbocycles. The summed E-state index contributed by atoms with van der Waals surface area (Å²) < 4.78 is 13.3. The number of hydrogen-bond donors (Lipinski definition) is 2. The Morgan fingerprint density at radius 1 is 1.10 bits per heavy atom. The first-order chi connectivity index (χ1) is 10.3. The number of anilines is 1. The minimum atomic E-state index is -0.265. The summed E-state index contributed by atoms with van der Waals surface area (Å²) in [6, 6.07) is 16.3. The molecule has 3 rings (SSSR count). The third-order valence-corrected chi connectivity index (χ3v) is 3.43. The SMILES string of the molecule is NCC(Nc1cccc(F)c1)c1ccc2ncccc2c1. The molecule has 1 aromatic heterocycles. The molecule has 0 amide bonds. The third-order valence-electron chi connectivity index (χ3n) is 3.43. The van der Waals surface area contributed by atoms with Gasteiger partial charge in [-0.15, -0.1) is 0 Å². The highest BCUT2D eigenvalue weighted by Crippen LogP contribution is 2.22. The molecule has 0 bridgehead atoms. The Bertz CT molecular complexity index is 758. The second-order valence-electron chi connectivity index (χ2n) is 4.90. The molecule has 21 heavy (non-hydrogen) atoms. The van der Waals surface area contributed by atoms with Crippen molar-refractivity contribution in [2.24, 2.45) is 5.73 Å². The zero-order valence-corrected chi connectivity index (χ0v) is 11.5. The van der Waals surface area contributed by atoms with Gasteiger partial charge in [0.25, 0.3) is 0 Å². The van der Waals surface area contributed by atoms with Crippen LogP contribution in [0.15, 0.2) is 60.8 Å². The average Bonchev–Trinajstić information content (AvgIpc) is 2.52. The van der Waals surface area contributed by atoms with E-state index in [1.165, 1.54) is 12.1 Å². The van der Waals surface area contributed by atoms with Gasteiger partial charge in [-0.25, -0.2) is 4.39 Å². The second kappa shape index (κ2) is 5.89. The van der Waals surface area contributed by atoms with Gasteiger partial charge >= 0.3 is 0 Å². The molecule has 106 valence electrons. The zero-order valence-electron chi connectivity index (χ0n) is 11.5. The molecule has 1 unspecified atom stereocenters. The maximum Gasteiger partial charge on any atom is 0.125 e. The topological polar surface area (TPSA) is 50.9 Å². The monoisotopic (exact) mass is 281 g/mol. The van der Waals surface area contributed by atoms with Crippen molar-refractivity contribution < 1.29 is 4.39 Å². The lowest BCUT2D eigenvalue weighted by atomic mass is 10.0. The molecule has 2 aromatic carbocycles. The maximum atomic E-state index is 13.3. The Morgan fingerprint density at radius 3 is 2.81 bits per heavy atom. The van der Waals surface area contributed by atoms with Crippen LogP contribution < -0.4 is 11.1 Å². The fraction of sp³-hybridized carbons (Fsp3) is 0.118. The Kier molecular flexibility index (Phi) is 3.79. The summed E-state index contributed by atoms with van der Waals surface area (Å²) in [6.07, 6.45) is 1.77. The van der Waals surface area contributed by atoms with E-state index in [4.69, 9.17) is 5.73 Å². The summed E-state index contributed by atoms with van der Waals surface area (Å²) in [6.45, 7) is 0.419. The number of rotatable bonds is 4. The molecule has 0 aliphatic carbocycles. The van der Waals surface area contributed by atoms with Crippen LogP contribution in [-0.4, -0.2) is 11.5 Å². The number of pyridine rings is 1. The summed E-state index contributed by atoms with van der Waals surface area (Å²) >= 11 is 0. The maximum absolute atomic E-state index is 13.3. The van der Waals surface area contributed by atoms with E-state index in [0.29, 0.717) is 6.54 Å². The van der Waals surface area contributed by atoms with E-state index in [2.05, 4.69) is 16.4 Å². The van der Waals surface area contributed by atoms with Crippen molar-refractivity contribution >= 4 is 16.6 Å². The van der Waals surface area contributed by atoms with Gasteiger partial charge in [0.2, 0.25) is 0 Å². The molecule has 4 heteroatoms. The number of hydrogen-bond acceptors (Lipinski definition) is 3. The van der Waals surface area contributed by atoms with E-state index in [0.717, 1.165) is 22.2 Å². The lowest BCUT2D eigenvalue weighted by Gasteiger charge is -2.19. The highest BCUT2D eigenvalue weighted by molar-refractivity contribution is 5.79. The van der Waals surface area contributed by atoms with Crippen molar-refractivity contribution in [1.29, 1.82) is 0 Å². The summed E-state index contributed by atoms with van der Waals surface area (Å²) in [7, 11) is 0. The molecule has 0 saturated heterocycles. The van der Waals surface area contributed by atoms with Gasteiger partial charge in [0.15, 0.2) is 0 Å². The van der Waals surface area contributed by atoms with Crippen molar-refractivity contribution in [3.05, 3.63) is 72.2 Å².